The fourth-order valence-electron chi connectivity index (χ4n) is 6.28. The second-order valence-corrected chi connectivity index (χ2v) is 9.82. The average molecular weight is 423 g/mol. The van der Waals surface area contributed by atoms with Gasteiger partial charge in [0, 0.05) is 6.54 Å². The molecule has 3 aliphatic rings. The lowest BCUT2D eigenvalue weighted by molar-refractivity contribution is -0.199. The monoisotopic (exact) mass is 422 g/mol. The Bertz CT molecular complexity index is 703. The molecule has 0 heterocycles. The van der Waals surface area contributed by atoms with Crippen molar-refractivity contribution in [1.82, 2.24) is 4.90 Å². The molecular weight excluding hydrogens is 388 g/mol. The highest BCUT2D eigenvalue weighted by Gasteiger charge is 2.55. The maximum Gasteiger partial charge on any atom is 0.260 e. The summed E-state index contributed by atoms with van der Waals surface area (Å²) in [5.41, 5.74) is 3.27. The first-order valence-corrected chi connectivity index (χ1v) is 11.5. The summed E-state index contributed by atoms with van der Waals surface area (Å²) in [5, 5.41) is 0. The number of benzene rings is 1. The van der Waals surface area contributed by atoms with Crippen LogP contribution >= 0.6 is 12.3 Å². The number of fused-ring (bicyclic) bond motifs is 5. The highest BCUT2D eigenvalue weighted by atomic mass is 32.2. The van der Waals surface area contributed by atoms with Crippen LogP contribution in [0.15, 0.2) is 18.2 Å². The molecule has 29 heavy (non-hydrogen) atoms. The van der Waals surface area contributed by atoms with E-state index < -0.39 is 0 Å². The maximum absolute atomic E-state index is 6.41. The molecule has 1 aromatic rings. The van der Waals surface area contributed by atoms with Crippen LogP contribution in [0.4, 0.5) is 0 Å². The normalized spacial score (nSPS) is 33.3. The van der Waals surface area contributed by atoms with Gasteiger partial charge in [-0.15, -0.1) is 9.32 Å². The highest BCUT2D eigenvalue weighted by molar-refractivity contribution is 7.90. The molecular formula is C22H34N2O4S. The molecule has 2 fully saturated rings. The van der Waals surface area contributed by atoms with Crippen LogP contribution in [0.2, 0.25) is 0 Å². The van der Waals surface area contributed by atoms with Gasteiger partial charge in [-0.3, -0.25) is 0 Å². The van der Waals surface area contributed by atoms with Crippen molar-refractivity contribution in [2.45, 2.75) is 57.5 Å². The SMILES string of the molecule is CN(C)CCOC1CCC2C3CCc4cc(OSOON)ccc4C3CCC12C. The summed E-state index contributed by atoms with van der Waals surface area (Å²) in [6.07, 6.45) is 7.86. The van der Waals surface area contributed by atoms with Crippen LogP contribution < -0.4 is 10.1 Å². The topological polar surface area (TPSA) is 66.2 Å². The predicted octanol–water partition coefficient (Wildman–Crippen LogP) is 4.25. The summed E-state index contributed by atoms with van der Waals surface area (Å²) in [4.78, 5) is 6.27. The van der Waals surface area contributed by atoms with E-state index in [9.17, 15) is 0 Å². The van der Waals surface area contributed by atoms with E-state index in [0.717, 1.165) is 49.5 Å². The molecule has 162 valence electrons. The minimum Gasteiger partial charge on any atom is -0.399 e. The van der Waals surface area contributed by atoms with Crippen molar-refractivity contribution < 1.29 is 18.2 Å². The van der Waals surface area contributed by atoms with E-state index in [4.69, 9.17) is 14.8 Å². The van der Waals surface area contributed by atoms with Crippen LogP contribution in [0.1, 0.15) is 56.1 Å². The number of rotatable bonds is 8. The number of hydrogen-bond donors (Lipinski definition) is 1. The van der Waals surface area contributed by atoms with Crippen LogP contribution in [0.3, 0.4) is 0 Å². The Morgan fingerprint density at radius 1 is 1.21 bits per heavy atom. The lowest BCUT2D eigenvalue weighted by Gasteiger charge is -2.50. The highest BCUT2D eigenvalue weighted by Crippen LogP contribution is 2.61. The number of aryl methyl sites for hydroxylation is 1. The largest absolute Gasteiger partial charge is 0.399 e. The summed E-state index contributed by atoms with van der Waals surface area (Å²) < 4.78 is 16.4. The van der Waals surface area contributed by atoms with Crippen molar-refractivity contribution in [3.8, 4) is 5.75 Å². The molecule has 0 aliphatic heterocycles. The van der Waals surface area contributed by atoms with Gasteiger partial charge in [0.05, 0.1) is 12.7 Å². The van der Waals surface area contributed by atoms with Crippen LogP contribution in [0.25, 0.3) is 0 Å². The third-order valence-corrected chi connectivity index (χ3v) is 8.06. The van der Waals surface area contributed by atoms with Crippen molar-refractivity contribution in [2.24, 2.45) is 23.1 Å². The van der Waals surface area contributed by atoms with Crippen LogP contribution in [0.5, 0.6) is 5.75 Å². The summed E-state index contributed by atoms with van der Waals surface area (Å²) in [6, 6.07) is 6.44. The number of hydrogen-bond acceptors (Lipinski definition) is 7. The lowest BCUT2D eigenvalue weighted by atomic mass is 9.55. The van der Waals surface area contributed by atoms with Crippen molar-refractivity contribution in [3.05, 3.63) is 29.3 Å². The smallest absolute Gasteiger partial charge is 0.260 e. The van der Waals surface area contributed by atoms with Gasteiger partial charge in [-0.05, 0) is 99.0 Å². The van der Waals surface area contributed by atoms with Gasteiger partial charge in [0.1, 0.15) is 5.75 Å². The van der Waals surface area contributed by atoms with Gasteiger partial charge in [-0.2, -0.15) is 5.90 Å². The molecule has 2 saturated carbocycles. The summed E-state index contributed by atoms with van der Waals surface area (Å²) in [5.74, 6) is 7.85. The van der Waals surface area contributed by atoms with Crippen LogP contribution in [-0.2, 0) is 20.5 Å². The van der Waals surface area contributed by atoms with E-state index in [2.05, 4.69) is 47.4 Å². The van der Waals surface area contributed by atoms with Crippen molar-refractivity contribution in [1.29, 1.82) is 0 Å². The van der Waals surface area contributed by atoms with Gasteiger partial charge in [0.15, 0.2) is 0 Å². The molecule has 0 saturated heterocycles. The Hall–Kier alpha value is -0.830. The Morgan fingerprint density at radius 3 is 2.86 bits per heavy atom. The van der Waals surface area contributed by atoms with Gasteiger partial charge >= 0.3 is 0 Å². The summed E-state index contributed by atoms with van der Waals surface area (Å²) in [7, 11) is 4.22. The van der Waals surface area contributed by atoms with Gasteiger partial charge in [-0.25, -0.2) is 0 Å². The van der Waals surface area contributed by atoms with E-state index in [1.165, 1.54) is 43.2 Å². The molecule has 5 unspecified atom stereocenters. The first-order valence-electron chi connectivity index (χ1n) is 10.8. The Labute approximate surface area is 178 Å². The Kier molecular flexibility index (Phi) is 6.73. The molecule has 0 bridgehead atoms. The second kappa shape index (κ2) is 9.12. The third-order valence-electron chi connectivity index (χ3n) is 7.67. The maximum atomic E-state index is 6.41. The predicted molar refractivity (Wildman–Crippen MR) is 114 cm³/mol. The number of likely N-dealkylation sites (N-methyl/N-ethyl adjacent to an activating group) is 1. The fourth-order valence-corrected chi connectivity index (χ4v) is 6.53. The van der Waals surface area contributed by atoms with E-state index in [-0.39, 0.29) is 0 Å². The summed E-state index contributed by atoms with van der Waals surface area (Å²) in [6.45, 7) is 4.35. The number of ether oxygens (including phenoxy) is 1. The van der Waals surface area contributed by atoms with Crippen LogP contribution in [-0.4, -0.2) is 38.3 Å². The molecule has 7 heteroatoms. The lowest BCUT2D eigenvalue weighted by Crippen LogP contribution is -2.45. The first-order chi connectivity index (χ1) is 14.0. The molecule has 5 atom stereocenters. The zero-order valence-corrected chi connectivity index (χ0v) is 18.6. The van der Waals surface area contributed by atoms with E-state index in [1.54, 1.807) is 0 Å². The molecule has 2 N–H and O–H groups in total. The number of nitrogens with two attached hydrogens (primary N) is 1. The number of nitrogens with zero attached hydrogens (tertiary/aromatic N) is 1. The van der Waals surface area contributed by atoms with Gasteiger partial charge in [0.2, 0.25) is 0 Å². The summed E-state index contributed by atoms with van der Waals surface area (Å²) >= 11 is 0.736. The Morgan fingerprint density at radius 2 is 2.07 bits per heavy atom. The molecule has 0 amide bonds. The first kappa shape index (κ1) is 21.4. The molecule has 3 aliphatic carbocycles. The average Bonchev–Trinajstić information content (AvgIpc) is 3.04. The van der Waals surface area contributed by atoms with E-state index >= 15 is 0 Å². The van der Waals surface area contributed by atoms with E-state index in [0.29, 0.717) is 17.4 Å². The zero-order chi connectivity index (χ0) is 20.4. The zero-order valence-electron chi connectivity index (χ0n) is 17.8. The molecule has 0 radical (unpaired) electrons. The Balaban J connectivity index is 1.44. The van der Waals surface area contributed by atoms with E-state index in [1.807, 2.05) is 6.07 Å². The van der Waals surface area contributed by atoms with Crippen molar-refractivity contribution >= 4 is 12.3 Å². The second-order valence-electron chi connectivity index (χ2n) is 9.38. The minimum atomic E-state index is 0.338. The quantitative estimate of drug-likeness (QED) is 0.291. The molecule has 6 nitrogen and oxygen atoms in total. The van der Waals surface area contributed by atoms with Crippen molar-refractivity contribution in [3.63, 3.8) is 0 Å². The van der Waals surface area contributed by atoms with Crippen molar-refractivity contribution in [2.75, 3.05) is 27.2 Å². The van der Waals surface area contributed by atoms with Crippen LogP contribution in [0, 0.1) is 17.3 Å². The molecule has 1 aromatic carbocycles. The molecule has 0 spiro atoms. The standard InChI is InChI=1S/C22H34N2O4S/c1-22-11-10-18-17-7-5-16(26-29-28-27-23)14-15(17)4-6-19(18)20(22)8-9-21(22)25-13-12-24(2)3/h5,7,14,18-21H,4,6,8-13,23H2,1-3H3. The van der Waals surface area contributed by atoms with Gasteiger partial charge in [0.25, 0.3) is 12.3 Å². The minimum absolute atomic E-state index is 0.338. The fraction of sp³-hybridized carbons (Fsp3) is 0.727. The molecule has 4 rings (SSSR count). The van der Waals surface area contributed by atoms with Gasteiger partial charge < -0.3 is 13.8 Å². The molecule has 0 aromatic heterocycles. The third kappa shape index (κ3) is 4.31. The van der Waals surface area contributed by atoms with Gasteiger partial charge in [-0.1, -0.05) is 13.0 Å².